The number of halogens is 2. The Bertz CT molecular complexity index is 641. The first-order chi connectivity index (χ1) is 8.99. The molecule has 0 spiro atoms. The number of hydrogen-bond acceptors (Lipinski definition) is 3. The number of nitrogens with zero attached hydrogens (tertiary/aromatic N) is 1. The number of aromatic carboxylic acids is 1. The van der Waals surface area contributed by atoms with Crippen LogP contribution >= 0.6 is 23.2 Å². The van der Waals surface area contributed by atoms with Crippen LogP contribution in [0.25, 0.3) is 0 Å². The molecule has 0 aliphatic carbocycles. The van der Waals surface area contributed by atoms with Crippen molar-refractivity contribution in [3.05, 3.63) is 45.7 Å². The molecule has 6 nitrogen and oxygen atoms in total. The number of anilines is 1. The van der Waals surface area contributed by atoms with Gasteiger partial charge in [-0.05, 0) is 12.1 Å². The number of carboxylic acid groups (broad SMARTS) is 1. The quantitative estimate of drug-likeness (QED) is 0.812. The third-order valence-corrected chi connectivity index (χ3v) is 2.80. The molecular formula is C11H7Cl2N3O3. The summed E-state index contributed by atoms with van der Waals surface area (Å²) in [6.07, 6.45) is 2.68. The van der Waals surface area contributed by atoms with Crippen molar-refractivity contribution in [1.29, 1.82) is 0 Å². The van der Waals surface area contributed by atoms with Crippen LogP contribution in [0.4, 0.5) is 5.69 Å². The highest BCUT2D eigenvalue weighted by molar-refractivity contribution is 6.38. The maximum Gasteiger partial charge on any atom is 0.337 e. The van der Waals surface area contributed by atoms with Crippen molar-refractivity contribution in [2.75, 3.05) is 5.32 Å². The zero-order valence-corrected chi connectivity index (χ0v) is 10.8. The van der Waals surface area contributed by atoms with Crippen LogP contribution in [0.2, 0.25) is 10.0 Å². The molecule has 8 heteroatoms. The van der Waals surface area contributed by atoms with Crippen LogP contribution in [0.5, 0.6) is 0 Å². The number of H-pyrrole nitrogens is 1. The monoisotopic (exact) mass is 299 g/mol. The van der Waals surface area contributed by atoms with Crippen molar-refractivity contribution in [1.82, 2.24) is 10.2 Å². The van der Waals surface area contributed by atoms with Gasteiger partial charge in [0.25, 0.3) is 5.91 Å². The van der Waals surface area contributed by atoms with Gasteiger partial charge in [0.05, 0.1) is 28.0 Å². The van der Waals surface area contributed by atoms with Gasteiger partial charge in [-0.25, -0.2) is 4.79 Å². The maximum absolute atomic E-state index is 11.8. The lowest BCUT2D eigenvalue weighted by molar-refractivity contribution is 0.0698. The highest BCUT2D eigenvalue weighted by Gasteiger charge is 2.18. The number of nitrogens with one attached hydrogen (secondary N) is 2. The lowest BCUT2D eigenvalue weighted by atomic mass is 10.1. The normalized spacial score (nSPS) is 10.2. The number of rotatable bonds is 3. The van der Waals surface area contributed by atoms with Crippen LogP contribution in [0.15, 0.2) is 24.5 Å². The molecule has 0 bridgehead atoms. The first-order valence-corrected chi connectivity index (χ1v) is 5.77. The first kappa shape index (κ1) is 13.4. The predicted octanol–water partition coefficient (Wildman–Crippen LogP) is 2.67. The molecule has 0 radical (unpaired) electrons. The second-order valence-electron chi connectivity index (χ2n) is 3.56. The van der Waals surface area contributed by atoms with E-state index in [0.717, 1.165) is 0 Å². The highest BCUT2D eigenvalue weighted by atomic mass is 35.5. The van der Waals surface area contributed by atoms with Gasteiger partial charge in [-0.2, -0.15) is 5.10 Å². The van der Waals surface area contributed by atoms with Gasteiger partial charge in [-0.15, -0.1) is 0 Å². The van der Waals surface area contributed by atoms with Crippen molar-refractivity contribution in [2.24, 2.45) is 0 Å². The smallest absolute Gasteiger partial charge is 0.337 e. The van der Waals surface area contributed by atoms with Crippen molar-refractivity contribution < 1.29 is 14.7 Å². The number of hydrogen-bond donors (Lipinski definition) is 3. The third-order valence-electron chi connectivity index (χ3n) is 2.28. The first-order valence-electron chi connectivity index (χ1n) is 5.01. The van der Waals surface area contributed by atoms with Crippen LogP contribution < -0.4 is 5.32 Å². The minimum absolute atomic E-state index is 0.00948. The highest BCUT2D eigenvalue weighted by Crippen LogP contribution is 2.30. The zero-order chi connectivity index (χ0) is 14.0. The molecule has 0 atom stereocenters. The Morgan fingerprint density at radius 2 is 2.05 bits per heavy atom. The minimum Gasteiger partial charge on any atom is -0.478 e. The largest absolute Gasteiger partial charge is 0.478 e. The van der Waals surface area contributed by atoms with E-state index < -0.39 is 11.9 Å². The van der Waals surface area contributed by atoms with Crippen molar-refractivity contribution in [2.45, 2.75) is 0 Å². The van der Waals surface area contributed by atoms with Gasteiger partial charge >= 0.3 is 5.97 Å². The van der Waals surface area contributed by atoms with E-state index in [0.29, 0.717) is 0 Å². The molecule has 0 saturated heterocycles. The number of aromatic nitrogens is 2. The number of carboxylic acids is 1. The lowest BCUT2D eigenvalue weighted by Gasteiger charge is -2.10. The van der Waals surface area contributed by atoms with Crippen LogP contribution in [0.1, 0.15) is 20.7 Å². The number of aromatic amines is 1. The summed E-state index contributed by atoms with van der Waals surface area (Å²) in [6.45, 7) is 0. The molecule has 19 heavy (non-hydrogen) atoms. The summed E-state index contributed by atoms with van der Waals surface area (Å²) < 4.78 is 0. The summed E-state index contributed by atoms with van der Waals surface area (Å²) in [7, 11) is 0. The van der Waals surface area contributed by atoms with Gasteiger partial charge in [0.1, 0.15) is 0 Å². The molecule has 98 valence electrons. The second-order valence-corrected chi connectivity index (χ2v) is 4.40. The van der Waals surface area contributed by atoms with E-state index in [1.807, 2.05) is 0 Å². The number of benzene rings is 1. The lowest BCUT2D eigenvalue weighted by Crippen LogP contribution is -2.14. The molecule has 0 aliphatic rings. The summed E-state index contributed by atoms with van der Waals surface area (Å²) in [5, 5.41) is 17.8. The number of amides is 1. The van der Waals surface area contributed by atoms with E-state index in [2.05, 4.69) is 15.5 Å². The minimum atomic E-state index is -1.24. The van der Waals surface area contributed by atoms with E-state index in [1.165, 1.54) is 24.5 Å². The summed E-state index contributed by atoms with van der Waals surface area (Å²) in [5.41, 5.74) is 0.0569. The van der Waals surface area contributed by atoms with E-state index in [-0.39, 0.29) is 26.9 Å². The SMILES string of the molecule is O=C(Nc1c(Cl)cc(Cl)cc1C(=O)O)c1cn[nH]c1. The molecule has 0 saturated carbocycles. The molecule has 1 amide bonds. The van der Waals surface area contributed by atoms with Crippen molar-refractivity contribution in [3.63, 3.8) is 0 Å². The summed E-state index contributed by atoms with van der Waals surface area (Å²) in [5.74, 6) is -1.77. The van der Waals surface area contributed by atoms with Gasteiger partial charge < -0.3 is 10.4 Å². The second kappa shape index (κ2) is 5.29. The molecule has 0 aliphatic heterocycles. The van der Waals surface area contributed by atoms with Gasteiger partial charge in [-0.3, -0.25) is 9.89 Å². The average Bonchev–Trinajstić information content (AvgIpc) is 2.85. The van der Waals surface area contributed by atoms with Crippen LogP contribution in [-0.4, -0.2) is 27.2 Å². The fraction of sp³-hybridized carbons (Fsp3) is 0. The van der Waals surface area contributed by atoms with Crippen molar-refractivity contribution >= 4 is 40.8 Å². The molecular weight excluding hydrogens is 293 g/mol. The van der Waals surface area contributed by atoms with Crippen LogP contribution in [0.3, 0.4) is 0 Å². The topological polar surface area (TPSA) is 95.1 Å². The fourth-order valence-electron chi connectivity index (χ4n) is 1.43. The van der Waals surface area contributed by atoms with E-state index >= 15 is 0 Å². The fourth-order valence-corrected chi connectivity index (χ4v) is 1.97. The molecule has 3 N–H and O–H groups in total. The molecule has 0 fully saturated rings. The van der Waals surface area contributed by atoms with Gasteiger partial charge in [-0.1, -0.05) is 23.2 Å². The predicted molar refractivity (Wildman–Crippen MR) is 70.0 cm³/mol. The number of carbonyl (C=O) groups is 2. The molecule has 1 heterocycles. The Balaban J connectivity index is 2.39. The number of carbonyl (C=O) groups excluding carboxylic acids is 1. The Kier molecular flexibility index (Phi) is 3.73. The van der Waals surface area contributed by atoms with Crippen molar-refractivity contribution in [3.8, 4) is 0 Å². The van der Waals surface area contributed by atoms with E-state index in [4.69, 9.17) is 28.3 Å². The molecule has 1 aromatic heterocycles. The van der Waals surface area contributed by atoms with Gasteiger partial charge in [0, 0.05) is 11.2 Å². The Labute approximate surface area is 117 Å². The molecule has 0 unspecified atom stereocenters. The third kappa shape index (κ3) is 2.86. The summed E-state index contributed by atoms with van der Waals surface area (Å²) in [4.78, 5) is 22.9. The Hall–Kier alpha value is -2.05. The summed E-state index contributed by atoms with van der Waals surface area (Å²) in [6, 6.07) is 2.56. The van der Waals surface area contributed by atoms with E-state index in [1.54, 1.807) is 0 Å². The van der Waals surface area contributed by atoms with Crippen LogP contribution in [0, 0.1) is 0 Å². The van der Waals surface area contributed by atoms with Crippen LogP contribution in [-0.2, 0) is 0 Å². The standard InChI is InChI=1S/C11H7Cl2N3O3/c12-6-1-7(11(18)19)9(8(13)2-6)16-10(17)5-3-14-15-4-5/h1-4H,(H,14,15)(H,16,17)(H,18,19). The van der Waals surface area contributed by atoms with Gasteiger partial charge in [0.15, 0.2) is 0 Å². The molecule has 2 rings (SSSR count). The zero-order valence-electron chi connectivity index (χ0n) is 9.28. The maximum atomic E-state index is 11.8. The summed E-state index contributed by atoms with van der Waals surface area (Å²) >= 11 is 11.6. The van der Waals surface area contributed by atoms with Gasteiger partial charge in [0.2, 0.25) is 0 Å². The Morgan fingerprint density at radius 1 is 1.32 bits per heavy atom. The molecule has 1 aromatic carbocycles. The molecule has 2 aromatic rings. The Morgan fingerprint density at radius 3 is 2.63 bits per heavy atom. The average molecular weight is 300 g/mol. The van der Waals surface area contributed by atoms with E-state index in [9.17, 15) is 9.59 Å².